The molecule has 0 amide bonds. The third kappa shape index (κ3) is 1.91. The molecule has 0 fully saturated rings. The van der Waals surface area contributed by atoms with Crippen LogP contribution >= 0.6 is 27.3 Å². The zero-order valence-electron chi connectivity index (χ0n) is 13.5. The zero-order valence-corrected chi connectivity index (χ0v) is 15.9. The van der Waals surface area contributed by atoms with E-state index in [9.17, 15) is 0 Å². The molecule has 0 unspecified atom stereocenters. The lowest BCUT2D eigenvalue weighted by Crippen LogP contribution is -1.89. The van der Waals surface area contributed by atoms with Crippen LogP contribution in [0.2, 0.25) is 0 Å². The molecule has 2 aromatic heterocycles. The van der Waals surface area contributed by atoms with E-state index in [0.717, 1.165) is 42.0 Å². The molecule has 0 aliphatic carbocycles. The first-order valence-corrected chi connectivity index (χ1v) is 9.99. The molecule has 4 heteroatoms. The van der Waals surface area contributed by atoms with Crippen LogP contribution in [0.5, 0.6) is 0 Å². The summed E-state index contributed by atoms with van der Waals surface area (Å²) in [6.45, 7) is 0. The van der Waals surface area contributed by atoms with E-state index in [0.29, 0.717) is 0 Å². The summed E-state index contributed by atoms with van der Waals surface area (Å²) in [5, 5.41) is 5.93. The summed E-state index contributed by atoms with van der Waals surface area (Å²) in [6.07, 6.45) is 0. The first-order valence-electron chi connectivity index (χ1n) is 8.38. The number of hydrogen-bond acceptors (Lipinski definition) is 3. The second kappa shape index (κ2) is 5.22. The minimum Gasteiger partial charge on any atom is -0.242 e. The predicted octanol–water partition coefficient (Wildman–Crippen LogP) is 7.07. The van der Waals surface area contributed by atoms with Crippen molar-refractivity contribution in [3.8, 4) is 0 Å². The van der Waals surface area contributed by atoms with Crippen LogP contribution in [0.4, 0.5) is 0 Å². The number of halogens is 1. The van der Waals surface area contributed by atoms with Crippen molar-refractivity contribution in [2.75, 3.05) is 0 Å². The van der Waals surface area contributed by atoms with Crippen LogP contribution in [0.25, 0.3) is 53.0 Å². The van der Waals surface area contributed by atoms with Gasteiger partial charge in [-0.2, -0.15) is 0 Å². The second-order valence-corrected chi connectivity index (χ2v) is 8.35. The monoisotopic (exact) mass is 414 g/mol. The van der Waals surface area contributed by atoms with E-state index >= 15 is 0 Å². The molecule has 0 N–H and O–H groups in total. The molecule has 0 aliphatic heterocycles. The molecule has 4 aromatic carbocycles. The summed E-state index contributed by atoms with van der Waals surface area (Å²) < 4.78 is 2.28. The fourth-order valence-corrected chi connectivity index (χ4v) is 5.13. The molecule has 122 valence electrons. The minimum absolute atomic E-state index is 0.978. The SMILES string of the molecule is Brc1ccc2sc3nc4c5ccccc5c5ccccc5c4nc3c2c1. The van der Waals surface area contributed by atoms with Crippen LogP contribution in [0.1, 0.15) is 0 Å². The van der Waals surface area contributed by atoms with Gasteiger partial charge < -0.3 is 0 Å². The number of benzene rings is 4. The Balaban J connectivity index is 1.94. The minimum atomic E-state index is 0.978. The highest BCUT2D eigenvalue weighted by molar-refractivity contribution is 9.10. The fourth-order valence-electron chi connectivity index (χ4n) is 3.77. The molecule has 0 saturated carbocycles. The van der Waals surface area contributed by atoms with Crippen molar-refractivity contribution >= 4 is 80.3 Å². The van der Waals surface area contributed by atoms with Gasteiger partial charge in [-0.05, 0) is 29.0 Å². The first kappa shape index (κ1) is 14.6. The number of hydrogen-bond donors (Lipinski definition) is 0. The van der Waals surface area contributed by atoms with E-state index in [2.05, 4.69) is 82.7 Å². The molecule has 0 bridgehead atoms. The Morgan fingerprint density at radius 3 is 1.92 bits per heavy atom. The molecule has 0 spiro atoms. The van der Waals surface area contributed by atoms with Gasteiger partial charge in [0.25, 0.3) is 0 Å². The van der Waals surface area contributed by atoms with E-state index in [4.69, 9.17) is 9.97 Å². The van der Waals surface area contributed by atoms with Gasteiger partial charge in [-0.15, -0.1) is 11.3 Å². The van der Waals surface area contributed by atoms with Gasteiger partial charge in [-0.3, -0.25) is 0 Å². The summed E-state index contributed by atoms with van der Waals surface area (Å²) in [5.41, 5.74) is 2.95. The van der Waals surface area contributed by atoms with Crippen molar-refractivity contribution in [3.63, 3.8) is 0 Å². The largest absolute Gasteiger partial charge is 0.242 e. The lowest BCUT2D eigenvalue weighted by atomic mass is 9.99. The van der Waals surface area contributed by atoms with Crippen molar-refractivity contribution in [2.24, 2.45) is 0 Å². The van der Waals surface area contributed by atoms with Crippen molar-refractivity contribution in [1.82, 2.24) is 9.97 Å². The molecule has 0 aliphatic rings. The maximum absolute atomic E-state index is 5.11. The number of aromatic nitrogens is 2. The molecule has 0 saturated heterocycles. The Labute approximate surface area is 161 Å². The van der Waals surface area contributed by atoms with Gasteiger partial charge in [-0.1, -0.05) is 64.5 Å². The highest BCUT2D eigenvalue weighted by Gasteiger charge is 2.14. The quantitative estimate of drug-likeness (QED) is 0.248. The first-order chi connectivity index (χ1) is 12.8. The van der Waals surface area contributed by atoms with Gasteiger partial charge in [0.2, 0.25) is 0 Å². The van der Waals surface area contributed by atoms with Crippen LogP contribution in [-0.2, 0) is 0 Å². The molecule has 2 heterocycles. The summed E-state index contributed by atoms with van der Waals surface area (Å²) in [4.78, 5) is 11.2. The van der Waals surface area contributed by atoms with Crippen molar-refractivity contribution in [1.29, 1.82) is 0 Å². The standard InChI is InChI=1S/C22H11BrN2S/c23-12-9-10-18-17(11-12)21-22(26-18)25-20-16-8-4-2-6-14(16)13-5-1-3-7-15(13)19(20)24-21/h1-11H. The Morgan fingerprint density at radius 2 is 1.23 bits per heavy atom. The Morgan fingerprint density at radius 1 is 0.615 bits per heavy atom. The van der Waals surface area contributed by atoms with E-state index in [1.165, 1.54) is 15.5 Å². The fraction of sp³-hybridized carbons (Fsp3) is 0. The molecular weight excluding hydrogens is 404 g/mol. The summed E-state index contributed by atoms with van der Waals surface area (Å²) >= 11 is 5.29. The van der Waals surface area contributed by atoms with Crippen LogP contribution in [0.3, 0.4) is 0 Å². The third-order valence-corrected chi connectivity index (χ3v) is 6.47. The Bertz CT molecular complexity index is 1500. The molecule has 26 heavy (non-hydrogen) atoms. The third-order valence-electron chi connectivity index (χ3n) is 4.92. The van der Waals surface area contributed by atoms with E-state index in [1.807, 2.05) is 0 Å². The molecular formula is C22H11BrN2S. The average molecular weight is 415 g/mol. The number of rotatable bonds is 0. The summed E-state index contributed by atoms with van der Waals surface area (Å²) in [5.74, 6) is 0. The Kier molecular flexibility index (Phi) is 2.93. The summed E-state index contributed by atoms with van der Waals surface area (Å²) in [7, 11) is 0. The molecule has 0 radical (unpaired) electrons. The average Bonchev–Trinajstić information content (AvgIpc) is 3.04. The highest BCUT2D eigenvalue weighted by atomic mass is 79.9. The van der Waals surface area contributed by atoms with Gasteiger partial charge >= 0.3 is 0 Å². The maximum Gasteiger partial charge on any atom is 0.143 e. The van der Waals surface area contributed by atoms with Crippen molar-refractivity contribution in [2.45, 2.75) is 0 Å². The van der Waals surface area contributed by atoms with Gasteiger partial charge in [0.05, 0.1) is 11.0 Å². The smallest absolute Gasteiger partial charge is 0.143 e. The van der Waals surface area contributed by atoms with Gasteiger partial charge in [-0.25, -0.2) is 9.97 Å². The lowest BCUT2D eigenvalue weighted by molar-refractivity contribution is 1.46. The van der Waals surface area contributed by atoms with Crippen LogP contribution in [0, 0.1) is 0 Å². The van der Waals surface area contributed by atoms with Gasteiger partial charge in [0, 0.05) is 25.3 Å². The van der Waals surface area contributed by atoms with Gasteiger partial charge in [0.15, 0.2) is 0 Å². The van der Waals surface area contributed by atoms with E-state index < -0.39 is 0 Å². The van der Waals surface area contributed by atoms with Crippen molar-refractivity contribution in [3.05, 3.63) is 71.2 Å². The van der Waals surface area contributed by atoms with Crippen LogP contribution < -0.4 is 0 Å². The second-order valence-electron chi connectivity index (χ2n) is 6.41. The summed E-state index contributed by atoms with van der Waals surface area (Å²) in [6, 6.07) is 23.3. The number of fused-ring (bicyclic) bond motifs is 9. The zero-order chi connectivity index (χ0) is 17.3. The van der Waals surface area contributed by atoms with Crippen LogP contribution in [0.15, 0.2) is 71.2 Å². The highest BCUT2D eigenvalue weighted by Crippen LogP contribution is 2.38. The maximum atomic E-state index is 5.11. The number of nitrogens with zero attached hydrogens (tertiary/aromatic N) is 2. The molecule has 0 atom stereocenters. The number of thiophene rings is 1. The molecule has 6 rings (SSSR count). The predicted molar refractivity (Wildman–Crippen MR) is 115 cm³/mol. The normalized spacial score (nSPS) is 12.0. The lowest BCUT2D eigenvalue weighted by Gasteiger charge is -2.08. The Hall–Kier alpha value is -2.56. The van der Waals surface area contributed by atoms with Gasteiger partial charge in [0.1, 0.15) is 10.3 Å². The van der Waals surface area contributed by atoms with E-state index in [1.54, 1.807) is 11.3 Å². The van der Waals surface area contributed by atoms with E-state index in [-0.39, 0.29) is 0 Å². The molecule has 6 aromatic rings. The topological polar surface area (TPSA) is 25.8 Å². The molecule has 2 nitrogen and oxygen atoms in total. The van der Waals surface area contributed by atoms with Crippen LogP contribution in [-0.4, -0.2) is 9.97 Å². The van der Waals surface area contributed by atoms with Crippen molar-refractivity contribution < 1.29 is 0 Å².